The van der Waals surface area contributed by atoms with E-state index >= 15 is 0 Å². The summed E-state index contributed by atoms with van der Waals surface area (Å²) in [4.78, 5) is 9.66. The number of nitrogens with two attached hydrogens (primary N) is 1. The van der Waals surface area contributed by atoms with Crippen LogP contribution in [-0.4, -0.2) is 23.0 Å². The molecule has 37 heavy (non-hydrogen) atoms. The lowest BCUT2D eigenvalue weighted by Gasteiger charge is -2.09. The predicted molar refractivity (Wildman–Crippen MR) is 138 cm³/mol. The average molecular weight is 561 g/mol. The first kappa shape index (κ1) is 25.9. The minimum absolute atomic E-state index is 0.00781. The van der Waals surface area contributed by atoms with Crippen molar-refractivity contribution in [2.24, 2.45) is 20.5 Å². The second-order valence-electron chi connectivity index (χ2n) is 7.41. The summed E-state index contributed by atoms with van der Waals surface area (Å²) in [5.41, 5.74) is 6.77. The first-order valence-electron chi connectivity index (χ1n) is 10.0. The first-order chi connectivity index (χ1) is 17.5. The molecule has 0 spiro atoms. The lowest BCUT2D eigenvalue weighted by Crippen LogP contribution is -1.98. The number of aromatic hydroxyl groups is 1. The molecule has 188 valence electrons. The fourth-order valence-corrected chi connectivity index (χ4v) is 4.51. The highest BCUT2D eigenvalue weighted by molar-refractivity contribution is 7.86. The second kappa shape index (κ2) is 10.1. The number of phenols is 1. The highest BCUT2D eigenvalue weighted by Crippen LogP contribution is 2.43. The molecule has 12 nitrogen and oxygen atoms in total. The molecule has 0 aromatic heterocycles. The van der Waals surface area contributed by atoms with Crippen LogP contribution in [0.4, 0.5) is 34.1 Å². The van der Waals surface area contributed by atoms with Gasteiger partial charge in [-0.25, -0.2) is 0 Å². The van der Waals surface area contributed by atoms with Crippen LogP contribution in [0.15, 0.2) is 86.0 Å². The van der Waals surface area contributed by atoms with Crippen molar-refractivity contribution in [1.29, 1.82) is 0 Å². The Morgan fingerprint density at radius 2 is 1.43 bits per heavy atom. The topological polar surface area (TPSA) is 193 Å². The van der Waals surface area contributed by atoms with Gasteiger partial charge in [0.25, 0.3) is 15.8 Å². The monoisotopic (exact) mass is 560 g/mol. The molecule has 0 aliphatic rings. The fourth-order valence-electron chi connectivity index (χ4n) is 3.22. The van der Waals surface area contributed by atoms with Gasteiger partial charge in [-0.3, -0.25) is 14.7 Å². The molecule has 0 heterocycles. The van der Waals surface area contributed by atoms with Crippen LogP contribution in [0.3, 0.4) is 0 Å². The highest BCUT2D eigenvalue weighted by atomic mass is 35.5. The number of nitro benzene ring substituents is 1. The quantitative estimate of drug-likeness (QED) is 0.0716. The molecule has 0 fully saturated rings. The number of halogens is 2. The average Bonchev–Trinajstić information content (AvgIpc) is 2.84. The third kappa shape index (κ3) is 5.49. The van der Waals surface area contributed by atoms with Crippen molar-refractivity contribution in [3.63, 3.8) is 0 Å². The van der Waals surface area contributed by atoms with Crippen LogP contribution in [0.2, 0.25) is 10.0 Å². The first-order valence-corrected chi connectivity index (χ1v) is 12.2. The zero-order valence-corrected chi connectivity index (χ0v) is 20.6. The summed E-state index contributed by atoms with van der Waals surface area (Å²) in [5.74, 6) is -0.281. The molecule has 15 heteroatoms. The number of nitro groups is 1. The maximum Gasteiger partial charge on any atom is 0.296 e. The molecule has 4 aromatic rings. The van der Waals surface area contributed by atoms with Gasteiger partial charge in [-0.1, -0.05) is 35.3 Å². The Morgan fingerprint density at radius 3 is 2.05 bits per heavy atom. The molecular weight excluding hydrogens is 547 g/mol. The Balaban J connectivity index is 1.69. The molecule has 0 saturated carbocycles. The Labute approximate surface area is 218 Å². The molecule has 4 aromatic carbocycles. The van der Waals surface area contributed by atoms with E-state index in [-0.39, 0.29) is 49.6 Å². The Kier molecular flexibility index (Phi) is 7.05. The summed E-state index contributed by atoms with van der Waals surface area (Å²) in [6.45, 7) is 0. The van der Waals surface area contributed by atoms with Crippen molar-refractivity contribution in [3.05, 3.63) is 80.8 Å². The molecule has 0 amide bonds. The van der Waals surface area contributed by atoms with E-state index in [2.05, 4.69) is 20.5 Å². The van der Waals surface area contributed by atoms with Crippen LogP contribution >= 0.6 is 23.2 Å². The van der Waals surface area contributed by atoms with Gasteiger partial charge >= 0.3 is 0 Å². The molecular formula is C22H14Cl2N6O6S. The van der Waals surface area contributed by atoms with E-state index in [1.54, 1.807) is 18.2 Å². The van der Waals surface area contributed by atoms with E-state index < -0.39 is 19.9 Å². The molecule has 4 rings (SSSR count). The number of azo groups is 2. The zero-order valence-electron chi connectivity index (χ0n) is 18.3. The summed E-state index contributed by atoms with van der Waals surface area (Å²) in [6.07, 6.45) is 0. The lowest BCUT2D eigenvalue weighted by atomic mass is 10.1. The van der Waals surface area contributed by atoms with Crippen molar-refractivity contribution in [3.8, 4) is 5.75 Å². The predicted octanol–water partition coefficient (Wildman–Crippen LogP) is 7.42. The van der Waals surface area contributed by atoms with E-state index in [1.165, 1.54) is 30.3 Å². The Bertz CT molecular complexity index is 1730. The van der Waals surface area contributed by atoms with E-state index in [9.17, 15) is 28.2 Å². The molecule has 0 radical (unpaired) electrons. The van der Waals surface area contributed by atoms with Gasteiger partial charge in [0.15, 0.2) is 5.75 Å². The number of non-ortho nitro benzene ring substituents is 1. The highest BCUT2D eigenvalue weighted by Gasteiger charge is 2.18. The summed E-state index contributed by atoms with van der Waals surface area (Å²) in [6, 6.07) is 13.8. The smallest absolute Gasteiger partial charge is 0.296 e. The van der Waals surface area contributed by atoms with E-state index in [4.69, 9.17) is 28.9 Å². The molecule has 0 aliphatic carbocycles. The number of nitrogens with zero attached hydrogens (tertiary/aromatic N) is 5. The lowest BCUT2D eigenvalue weighted by molar-refractivity contribution is -0.384. The molecule has 4 N–H and O–H groups in total. The molecule has 0 unspecified atom stereocenters. The maximum absolute atomic E-state index is 11.4. The summed E-state index contributed by atoms with van der Waals surface area (Å²) in [7, 11) is -4.59. The van der Waals surface area contributed by atoms with Crippen molar-refractivity contribution in [1.82, 2.24) is 0 Å². The number of hydrogen-bond acceptors (Lipinski definition) is 10. The SMILES string of the molecule is Nc1c(N=Nc2cc(Cl)c(S(=O)(=O)O)cc2Cl)ccc2ccc(N=Nc3ccc([N+](=O)[O-])cc3)c(O)c12. The number of phenolic OH excluding ortho intramolecular Hbond substituents is 1. The van der Waals surface area contributed by atoms with E-state index in [0.717, 1.165) is 12.1 Å². The van der Waals surface area contributed by atoms with Gasteiger partial charge in [-0.05, 0) is 41.8 Å². The number of anilines is 1. The van der Waals surface area contributed by atoms with Gasteiger partial charge in [0, 0.05) is 12.1 Å². The van der Waals surface area contributed by atoms with Crippen LogP contribution in [0.1, 0.15) is 0 Å². The van der Waals surface area contributed by atoms with Crippen LogP contribution in [0.25, 0.3) is 10.8 Å². The van der Waals surface area contributed by atoms with Gasteiger partial charge in [0.05, 0.1) is 31.7 Å². The third-order valence-electron chi connectivity index (χ3n) is 5.03. The maximum atomic E-state index is 11.4. The molecule has 0 bridgehead atoms. The summed E-state index contributed by atoms with van der Waals surface area (Å²) < 4.78 is 31.9. The van der Waals surface area contributed by atoms with Crippen molar-refractivity contribution < 1.29 is 23.0 Å². The molecule has 0 atom stereocenters. The van der Waals surface area contributed by atoms with Crippen LogP contribution in [0, 0.1) is 10.1 Å². The van der Waals surface area contributed by atoms with Gasteiger partial charge in [0.1, 0.15) is 22.0 Å². The normalized spacial score (nSPS) is 12.1. The fraction of sp³-hybridized carbons (Fsp3) is 0. The largest absolute Gasteiger partial charge is 0.505 e. The molecule has 0 saturated heterocycles. The van der Waals surface area contributed by atoms with Crippen LogP contribution in [0.5, 0.6) is 5.75 Å². The number of fused-ring (bicyclic) bond motifs is 1. The van der Waals surface area contributed by atoms with Crippen molar-refractivity contribution in [2.45, 2.75) is 4.90 Å². The minimum Gasteiger partial charge on any atom is -0.505 e. The third-order valence-corrected chi connectivity index (χ3v) is 6.65. The van der Waals surface area contributed by atoms with Crippen molar-refractivity contribution in [2.75, 3.05) is 5.73 Å². The standard InChI is InChI=1S/C22H14Cl2N6O6S/c23-14-10-19(37(34,35)36)15(24)9-18(14)29-27-16-7-1-11-2-8-17(22(31)20(11)21(16)25)28-26-12-3-5-13(6-4-12)30(32)33/h1-10,31H,25H2,(H,34,35,36). The van der Waals surface area contributed by atoms with Crippen LogP contribution in [-0.2, 0) is 10.1 Å². The van der Waals surface area contributed by atoms with Crippen LogP contribution < -0.4 is 5.73 Å². The van der Waals surface area contributed by atoms with Gasteiger partial charge < -0.3 is 10.8 Å². The van der Waals surface area contributed by atoms with Gasteiger partial charge in [0.2, 0.25) is 0 Å². The Hall–Kier alpha value is -4.17. The van der Waals surface area contributed by atoms with E-state index in [1.807, 2.05) is 0 Å². The van der Waals surface area contributed by atoms with Gasteiger partial charge in [-0.15, -0.1) is 15.3 Å². The zero-order chi connectivity index (χ0) is 26.9. The number of rotatable bonds is 6. The van der Waals surface area contributed by atoms with E-state index in [0.29, 0.717) is 11.1 Å². The van der Waals surface area contributed by atoms with Gasteiger partial charge in [-0.2, -0.15) is 13.5 Å². The number of nitrogen functional groups attached to an aromatic ring is 1. The summed E-state index contributed by atoms with van der Waals surface area (Å²) in [5, 5.41) is 37.9. The number of hydrogen-bond donors (Lipinski definition) is 3. The minimum atomic E-state index is -4.59. The second-order valence-corrected chi connectivity index (χ2v) is 9.62. The number of benzene rings is 4. The molecule has 0 aliphatic heterocycles. The Morgan fingerprint density at radius 1 is 0.838 bits per heavy atom. The summed E-state index contributed by atoms with van der Waals surface area (Å²) >= 11 is 12.0. The van der Waals surface area contributed by atoms with Crippen molar-refractivity contribution >= 4 is 78.2 Å².